The first kappa shape index (κ1) is 16.2. The predicted molar refractivity (Wildman–Crippen MR) is 102 cm³/mol. The van der Waals surface area contributed by atoms with Crippen molar-refractivity contribution in [2.75, 3.05) is 6.61 Å². The Balaban J connectivity index is 1.50. The molecule has 2 heterocycles. The van der Waals surface area contributed by atoms with Crippen LogP contribution in [-0.4, -0.2) is 17.5 Å². The minimum Gasteiger partial charge on any atom is -0.493 e. The van der Waals surface area contributed by atoms with E-state index in [9.17, 15) is 4.79 Å². The minimum absolute atomic E-state index is 0.0966. The maximum atomic E-state index is 12.5. The molecule has 25 heavy (non-hydrogen) atoms. The summed E-state index contributed by atoms with van der Waals surface area (Å²) in [7, 11) is 0. The largest absolute Gasteiger partial charge is 0.493 e. The molecular weight excluding hydrogens is 380 g/mol. The number of fused-ring (bicyclic) bond motifs is 2. The van der Waals surface area contributed by atoms with Crippen LogP contribution in [0, 0.1) is 6.92 Å². The normalized spacial score (nSPS) is 13.4. The molecule has 0 saturated heterocycles. The number of aromatic amines is 1. The number of rotatable bonds is 3. The van der Waals surface area contributed by atoms with Crippen molar-refractivity contribution < 1.29 is 9.53 Å². The van der Waals surface area contributed by atoms with E-state index in [1.165, 1.54) is 5.56 Å². The Hall–Kier alpha value is -2.27. The van der Waals surface area contributed by atoms with Gasteiger partial charge in [-0.25, -0.2) is 0 Å². The van der Waals surface area contributed by atoms with Gasteiger partial charge in [-0.15, -0.1) is 0 Å². The van der Waals surface area contributed by atoms with E-state index in [0.29, 0.717) is 12.2 Å². The van der Waals surface area contributed by atoms with Crippen molar-refractivity contribution in [3.63, 3.8) is 0 Å². The highest BCUT2D eigenvalue weighted by Crippen LogP contribution is 2.26. The predicted octanol–water partition coefficient (Wildman–Crippen LogP) is 4.49. The number of aryl methyl sites for hydroxylation is 2. The minimum atomic E-state index is -0.0966. The zero-order valence-corrected chi connectivity index (χ0v) is 15.6. The van der Waals surface area contributed by atoms with Crippen LogP contribution in [0.5, 0.6) is 5.75 Å². The highest BCUT2D eigenvalue weighted by molar-refractivity contribution is 9.10. The number of aromatic nitrogens is 1. The van der Waals surface area contributed by atoms with Gasteiger partial charge in [0.1, 0.15) is 11.4 Å². The standard InChI is InChI=1S/C20H19BrN2O2/c1-12-7-16(21)9-15-10-17(23-19(12)15)20(24)22-11-13-4-5-18-14(8-13)3-2-6-25-18/h4-5,7-10,23H,2-3,6,11H2,1H3,(H,22,24). The number of halogens is 1. The van der Waals surface area contributed by atoms with Crippen LogP contribution in [0.4, 0.5) is 0 Å². The summed E-state index contributed by atoms with van der Waals surface area (Å²) < 4.78 is 6.65. The molecule has 1 aromatic heterocycles. The average molecular weight is 399 g/mol. The maximum Gasteiger partial charge on any atom is 0.267 e. The average Bonchev–Trinajstić information content (AvgIpc) is 3.04. The summed E-state index contributed by atoms with van der Waals surface area (Å²) in [6.07, 6.45) is 2.08. The van der Waals surface area contributed by atoms with E-state index in [0.717, 1.165) is 51.7 Å². The monoisotopic (exact) mass is 398 g/mol. The number of H-pyrrole nitrogens is 1. The fraction of sp³-hybridized carbons (Fsp3) is 0.250. The lowest BCUT2D eigenvalue weighted by Crippen LogP contribution is -2.23. The lowest BCUT2D eigenvalue weighted by molar-refractivity contribution is 0.0946. The van der Waals surface area contributed by atoms with Crippen LogP contribution < -0.4 is 10.1 Å². The van der Waals surface area contributed by atoms with Gasteiger partial charge < -0.3 is 15.0 Å². The first-order chi connectivity index (χ1) is 12.1. The number of hydrogen-bond acceptors (Lipinski definition) is 2. The highest BCUT2D eigenvalue weighted by Gasteiger charge is 2.13. The zero-order chi connectivity index (χ0) is 17.4. The number of amides is 1. The van der Waals surface area contributed by atoms with Gasteiger partial charge in [-0.3, -0.25) is 4.79 Å². The number of carbonyl (C=O) groups excluding carboxylic acids is 1. The summed E-state index contributed by atoms with van der Waals surface area (Å²) in [5, 5.41) is 4.02. The van der Waals surface area contributed by atoms with Crippen LogP contribution in [-0.2, 0) is 13.0 Å². The Morgan fingerprint density at radius 1 is 1.28 bits per heavy atom. The lowest BCUT2D eigenvalue weighted by Gasteiger charge is -2.18. The van der Waals surface area contributed by atoms with E-state index in [1.54, 1.807) is 0 Å². The Labute approximate surface area is 154 Å². The van der Waals surface area contributed by atoms with Gasteiger partial charge in [0.05, 0.1) is 6.61 Å². The van der Waals surface area contributed by atoms with E-state index in [4.69, 9.17) is 4.74 Å². The van der Waals surface area contributed by atoms with Gasteiger partial charge in [-0.2, -0.15) is 0 Å². The molecule has 1 aliphatic rings. The number of benzene rings is 2. The molecule has 0 radical (unpaired) electrons. The number of nitrogens with one attached hydrogen (secondary N) is 2. The van der Waals surface area contributed by atoms with Crippen LogP contribution in [0.3, 0.4) is 0 Å². The van der Waals surface area contributed by atoms with Crippen LogP contribution in [0.25, 0.3) is 10.9 Å². The fourth-order valence-corrected chi connectivity index (χ4v) is 3.89. The molecule has 128 valence electrons. The van der Waals surface area contributed by atoms with Crippen molar-refractivity contribution in [2.24, 2.45) is 0 Å². The van der Waals surface area contributed by atoms with Crippen LogP contribution in [0.2, 0.25) is 0 Å². The maximum absolute atomic E-state index is 12.5. The number of carbonyl (C=O) groups is 1. The molecular formula is C20H19BrN2O2. The molecule has 4 nitrogen and oxygen atoms in total. The van der Waals surface area contributed by atoms with Crippen molar-refractivity contribution >= 4 is 32.7 Å². The van der Waals surface area contributed by atoms with Gasteiger partial charge in [0, 0.05) is 21.9 Å². The summed E-state index contributed by atoms with van der Waals surface area (Å²) in [4.78, 5) is 15.7. The number of ether oxygens (including phenoxy) is 1. The summed E-state index contributed by atoms with van der Waals surface area (Å²) in [6.45, 7) is 3.32. The smallest absolute Gasteiger partial charge is 0.267 e. The van der Waals surface area contributed by atoms with Gasteiger partial charge in [0.15, 0.2) is 0 Å². The van der Waals surface area contributed by atoms with E-state index >= 15 is 0 Å². The molecule has 1 amide bonds. The molecule has 0 unspecified atom stereocenters. The molecule has 0 spiro atoms. The topological polar surface area (TPSA) is 54.1 Å². The van der Waals surface area contributed by atoms with Crippen molar-refractivity contribution in [3.8, 4) is 5.75 Å². The molecule has 4 rings (SSSR count). The first-order valence-corrected chi connectivity index (χ1v) is 9.21. The van der Waals surface area contributed by atoms with E-state index in [1.807, 2.05) is 37.3 Å². The van der Waals surface area contributed by atoms with Gasteiger partial charge in [-0.1, -0.05) is 28.1 Å². The molecule has 2 aromatic carbocycles. The third kappa shape index (κ3) is 3.29. The molecule has 0 saturated carbocycles. The summed E-state index contributed by atoms with van der Waals surface area (Å²) in [5.74, 6) is 0.874. The van der Waals surface area contributed by atoms with Crippen LogP contribution in [0.15, 0.2) is 40.9 Å². The first-order valence-electron chi connectivity index (χ1n) is 8.42. The second kappa shape index (κ2) is 6.56. The Morgan fingerprint density at radius 3 is 3.04 bits per heavy atom. The van der Waals surface area contributed by atoms with Crippen molar-refractivity contribution in [1.82, 2.24) is 10.3 Å². The molecule has 0 fully saturated rings. The lowest BCUT2D eigenvalue weighted by atomic mass is 10.0. The second-order valence-electron chi connectivity index (χ2n) is 6.45. The Morgan fingerprint density at radius 2 is 2.16 bits per heavy atom. The summed E-state index contributed by atoms with van der Waals surface area (Å²) in [6, 6.07) is 12.1. The van der Waals surface area contributed by atoms with Crippen molar-refractivity contribution in [3.05, 3.63) is 63.3 Å². The molecule has 2 N–H and O–H groups in total. The Kier molecular flexibility index (Phi) is 4.25. The quantitative estimate of drug-likeness (QED) is 0.682. The SMILES string of the molecule is Cc1cc(Br)cc2cc(C(=O)NCc3ccc4c(c3)CCCO4)[nH]c12. The van der Waals surface area contributed by atoms with E-state index in [2.05, 4.69) is 32.3 Å². The molecule has 1 aliphatic heterocycles. The molecule has 5 heteroatoms. The van der Waals surface area contributed by atoms with Gasteiger partial charge in [-0.05, 0) is 60.7 Å². The zero-order valence-electron chi connectivity index (χ0n) is 14.0. The second-order valence-corrected chi connectivity index (χ2v) is 7.36. The van der Waals surface area contributed by atoms with Gasteiger partial charge in [0.2, 0.25) is 0 Å². The molecule has 3 aromatic rings. The van der Waals surface area contributed by atoms with Crippen molar-refractivity contribution in [1.29, 1.82) is 0 Å². The van der Waals surface area contributed by atoms with Crippen molar-refractivity contribution in [2.45, 2.75) is 26.3 Å². The fourth-order valence-electron chi connectivity index (χ4n) is 3.30. The van der Waals surface area contributed by atoms with Crippen LogP contribution >= 0.6 is 15.9 Å². The van der Waals surface area contributed by atoms with Gasteiger partial charge in [0.25, 0.3) is 5.91 Å². The molecule has 0 bridgehead atoms. The van der Waals surface area contributed by atoms with E-state index in [-0.39, 0.29) is 5.91 Å². The summed E-state index contributed by atoms with van der Waals surface area (Å²) in [5.41, 5.74) is 5.01. The summed E-state index contributed by atoms with van der Waals surface area (Å²) >= 11 is 3.50. The molecule has 0 atom stereocenters. The number of hydrogen-bond donors (Lipinski definition) is 2. The third-order valence-electron chi connectivity index (χ3n) is 4.56. The van der Waals surface area contributed by atoms with Crippen LogP contribution in [0.1, 0.15) is 33.6 Å². The third-order valence-corrected chi connectivity index (χ3v) is 5.02. The van der Waals surface area contributed by atoms with Gasteiger partial charge >= 0.3 is 0 Å². The van der Waals surface area contributed by atoms with E-state index < -0.39 is 0 Å². The highest BCUT2D eigenvalue weighted by atomic mass is 79.9. The Bertz CT molecular complexity index is 962. The molecule has 0 aliphatic carbocycles.